The highest BCUT2D eigenvalue weighted by atomic mass is 32.1. The Bertz CT molecular complexity index is 757. The third-order valence-electron chi connectivity index (χ3n) is 3.33. The lowest BCUT2D eigenvalue weighted by atomic mass is 10.2. The zero-order valence-corrected chi connectivity index (χ0v) is 13.4. The Balaban J connectivity index is 1.57. The molecule has 0 saturated carbocycles. The molecule has 2 heterocycles. The molecule has 6 heteroatoms. The SMILES string of the molecule is CC(C)c1n[nH]c(CNC(=O)Cc2cc3ccccc3s2)n1. The smallest absolute Gasteiger partial charge is 0.225 e. The molecule has 5 nitrogen and oxygen atoms in total. The first-order valence-corrected chi connectivity index (χ1v) is 8.09. The van der Waals surface area contributed by atoms with Gasteiger partial charge in [0, 0.05) is 15.5 Å². The van der Waals surface area contributed by atoms with E-state index in [1.807, 2.05) is 26.0 Å². The fourth-order valence-corrected chi connectivity index (χ4v) is 3.24. The fourth-order valence-electron chi connectivity index (χ4n) is 2.17. The van der Waals surface area contributed by atoms with E-state index in [0.717, 1.165) is 10.7 Å². The summed E-state index contributed by atoms with van der Waals surface area (Å²) in [7, 11) is 0. The number of aromatic nitrogens is 3. The molecular weight excluding hydrogens is 296 g/mol. The lowest BCUT2D eigenvalue weighted by Crippen LogP contribution is -2.24. The lowest BCUT2D eigenvalue weighted by molar-refractivity contribution is -0.120. The third kappa shape index (κ3) is 3.33. The first kappa shape index (κ1) is 14.7. The van der Waals surface area contributed by atoms with Gasteiger partial charge in [0.2, 0.25) is 5.91 Å². The van der Waals surface area contributed by atoms with Gasteiger partial charge in [-0.15, -0.1) is 11.3 Å². The average Bonchev–Trinajstić information content (AvgIpc) is 3.11. The molecule has 0 spiro atoms. The molecule has 1 amide bonds. The number of fused-ring (bicyclic) bond motifs is 1. The van der Waals surface area contributed by atoms with E-state index in [4.69, 9.17) is 0 Å². The van der Waals surface area contributed by atoms with Crippen LogP contribution in [-0.2, 0) is 17.8 Å². The highest BCUT2D eigenvalue weighted by molar-refractivity contribution is 7.19. The van der Waals surface area contributed by atoms with Crippen LogP contribution in [0, 0.1) is 0 Å². The normalized spacial score (nSPS) is 11.2. The van der Waals surface area contributed by atoms with Crippen molar-refractivity contribution in [2.24, 2.45) is 0 Å². The van der Waals surface area contributed by atoms with Gasteiger partial charge in [0.05, 0.1) is 13.0 Å². The van der Waals surface area contributed by atoms with Crippen LogP contribution >= 0.6 is 11.3 Å². The second kappa shape index (κ2) is 6.27. The zero-order chi connectivity index (χ0) is 15.5. The maximum atomic E-state index is 12.0. The topological polar surface area (TPSA) is 70.7 Å². The number of aromatic amines is 1. The number of nitrogens with one attached hydrogen (secondary N) is 2. The summed E-state index contributed by atoms with van der Waals surface area (Å²) in [4.78, 5) is 17.5. The van der Waals surface area contributed by atoms with Crippen LogP contribution in [0.25, 0.3) is 10.1 Å². The van der Waals surface area contributed by atoms with Gasteiger partial charge in [0.25, 0.3) is 0 Å². The molecule has 2 N–H and O–H groups in total. The predicted molar refractivity (Wildman–Crippen MR) is 87.8 cm³/mol. The molecule has 3 rings (SSSR count). The van der Waals surface area contributed by atoms with Gasteiger partial charge < -0.3 is 5.32 Å². The van der Waals surface area contributed by atoms with Gasteiger partial charge in [-0.2, -0.15) is 5.10 Å². The minimum absolute atomic E-state index is 0.00551. The summed E-state index contributed by atoms with van der Waals surface area (Å²) >= 11 is 1.66. The van der Waals surface area contributed by atoms with Crippen LogP contribution in [0.1, 0.15) is 36.3 Å². The van der Waals surface area contributed by atoms with E-state index in [2.05, 4.69) is 38.7 Å². The van der Waals surface area contributed by atoms with Gasteiger partial charge in [-0.05, 0) is 17.5 Å². The van der Waals surface area contributed by atoms with E-state index in [0.29, 0.717) is 18.8 Å². The maximum Gasteiger partial charge on any atom is 0.225 e. The summed E-state index contributed by atoms with van der Waals surface area (Å²) < 4.78 is 1.21. The number of amides is 1. The number of carbonyl (C=O) groups is 1. The first-order chi connectivity index (χ1) is 10.6. The average molecular weight is 314 g/mol. The van der Waals surface area contributed by atoms with E-state index in [9.17, 15) is 4.79 Å². The number of hydrogen-bond donors (Lipinski definition) is 2. The van der Waals surface area contributed by atoms with Crippen molar-refractivity contribution in [2.75, 3.05) is 0 Å². The van der Waals surface area contributed by atoms with E-state index >= 15 is 0 Å². The van der Waals surface area contributed by atoms with Gasteiger partial charge in [-0.3, -0.25) is 9.89 Å². The van der Waals surface area contributed by atoms with Crippen LogP contribution < -0.4 is 5.32 Å². The Morgan fingerprint density at radius 2 is 2.18 bits per heavy atom. The number of H-pyrrole nitrogens is 1. The quantitative estimate of drug-likeness (QED) is 0.760. The molecule has 0 aliphatic rings. The van der Waals surface area contributed by atoms with Crippen molar-refractivity contribution in [1.82, 2.24) is 20.5 Å². The van der Waals surface area contributed by atoms with Gasteiger partial charge in [-0.1, -0.05) is 32.0 Å². The summed E-state index contributed by atoms with van der Waals surface area (Å²) in [5.41, 5.74) is 0. The monoisotopic (exact) mass is 314 g/mol. The van der Waals surface area contributed by atoms with Gasteiger partial charge in [0.15, 0.2) is 5.82 Å². The number of benzene rings is 1. The molecular formula is C16H18N4OS. The minimum atomic E-state index is -0.00551. The Morgan fingerprint density at radius 3 is 2.91 bits per heavy atom. The van der Waals surface area contributed by atoms with Gasteiger partial charge >= 0.3 is 0 Å². The number of thiophene rings is 1. The Labute approximate surface area is 132 Å². The Hall–Kier alpha value is -2.21. The van der Waals surface area contributed by atoms with Crippen LogP contribution in [0.3, 0.4) is 0 Å². The summed E-state index contributed by atoms with van der Waals surface area (Å²) in [6.45, 7) is 4.45. The second-order valence-electron chi connectivity index (χ2n) is 5.50. The van der Waals surface area contributed by atoms with Crippen LogP contribution in [0.5, 0.6) is 0 Å². The highest BCUT2D eigenvalue weighted by Crippen LogP contribution is 2.25. The summed E-state index contributed by atoms with van der Waals surface area (Å²) in [5, 5.41) is 11.0. The molecule has 22 heavy (non-hydrogen) atoms. The Kier molecular flexibility index (Phi) is 4.20. The van der Waals surface area contributed by atoms with Crippen molar-refractivity contribution in [3.05, 3.63) is 46.9 Å². The van der Waals surface area contributed by atoms with Crippen molar-refractivity contribution >= 4 is 27.3 Å². The Morgan fingerprint density at radius 1 is 1.36 bits per heavy atom. The molecule has 0 aliphatic heterocycles. The number of rotatable bonds is 5. The molecule has 3 aromatic rings. The number of nitrogens with zero attached hydrogens (tertiary/aromatic N) is 2. The van der Waals surface area contributed by atoms with Crippen molar-refractivity contribution in [1.29, 1.82) is 0 Å². The van der Waals surface area contributed by atoms with Crippen LogP contribution in [0.4, 0.5) is 0 Å². The van der Waals surface area contributed by atoms with Crippen molar-refractivity contribution in [3.63, 3.8) is 0 Å². The largest absolute Gasteiger partial charge is 0.349 e. The fraction of sp³-hybridized carbons (Fsp3) is 0.312. The molecule has 0 radical (unpaired) electrons. The standard InChI is InChI=1S/C16H18N4OS/c1-10(2)16-18-14(19-20-16)9-17-15(21)8-12-7-11-5-3-4-6-13(11)22-12/h3-7,10H,8-9H2,1-2H3,(H,17,21)(H,18,19,20). The van der Waals surface area contributed by atoms with Crippen LogP contribution in [0.2, 0.25) is 0 Å². The lowest BCUT2D eigenvalue weighted by Gasteiger charge is -2.01. The molecule has 0 saturated heterocycles. The molecule has 114 valence electrons. The van der Waals surface area contributed by atoms with E-state index in [-0.39, 0.29) is 11.8 Å². The van der Waals surface area contributed by atoms with Crippen molar-refractivity contribution in [3.8, 4) is 0 Å². The number of carbonyl (C=O) groups excluding carboxylic acids is 1. The first-order valence-electron chi connectivity index (χ1n) is 7.27. The molecule has 0 bridgehead atoms. The second-order valence-corrected chi connectivity index (χ2v) is 6.67. The van der Waals surface area contributed by atoms with Crippen molar-refractivity contribution < 1.29 is 4.79 Å². The number of hydrogen-bond acceptors (Lipinski definition) is 4. The van der Waals surface area contributed by atoms with E-state index < -0.39 is 0 Å². The van der Waals surface area contributed by atoms with Gasteiger partial charge in [0.1, 0.15) is 5.82 Å². The molecule has 0 unspecified atom stereocenters. The summed E-state index contributed by atoms with van der Waals surface area (Å²) in [6.07, 6.45) is 0.393. The van der Waals surface area contributed by atoms with Crippen LogP contribution in [-0.4, -0.2) is 21.1 Å². The predicted octanol–water partition coefficient (Wildman–Crippen LogP) is 3.00. The van der Waals surface area contributed by atoms with Crippen molar-refractivity contribution in [2.45, 2.75) is 32.7 Å². The highest BCUT2D eigenvalue weighted by Gasteiger charge is 2.10. The molecule has 0 fully saturated rings. The van der Waals surface area contributed by atoms with Gasteiger partial charge in [-0.25, -0.2) is 4.98 Å². The molecule has 2 aromatic heterocycles. The summed E-state index contributed by atoms with van der Waals surface area (Å²) in [5.74, 6) is 1.73. The molecule has 1 aromatic carbocycles. The zero-order valence-electron chi connectivity index (χ0n) is 12.6. The van der Waals surface area contributed by atoms with Crippen LogP contribution in [0.15, 0.2) is 30.3 Å². The van der Waals surface area contributed by atoms with E-state index in [1.165, 1.54) is 10.1 Å². The molecule has 0 atom stereocenters. The summed E-state index contributed by atoms with van der Waals surface area (Å²) in [6, 6.07) is 10.2. The third-order valence-corrected chi connectivity index (χ3v) is 4.45. The van der Waals surface area contributed by atoms with E-state index in [1.54, 1.807) is 11.3 Å². The minimum Gasteiger partial charge on any atom is -0.349 e. The maximum absolute atomic E-state index is 12.0. The molecule has 0 aliphatic carbocycles.